The van der Waals surface area contributed by atoms with Crippen molar-refractivity contribution in [2.45, 2.75) is 26.7 Å². The van der Waals surface area contributed by atoms with E-state index in [0.29, 0.717) is 25.7 Å². The summed E-state index contributed by atoms with van der Waals surface area (Å²) >= 11 is 5.94. The van der Waals surface area contributed by atoms with Crippen molar-refractivity contribution in [3.63, 3.8) is 0 Å². The van der Waals surface area contributed by atoms with E-state index in [1.54, 1.807) is 0 Å². The average molecular weight is 259 g/mol. The number of ether oxygens (including phenoxy) is 3. The minimum absolute atomic E-state index is 0.358. The summed E-state index contributed by atoms with van der Waals surface area (Å²) in [5, 5.41) is 0. The maximum Gasteiger partial charge on any atom is 0.131 e. The molecule has 0 atom stereocenters. The van der Waals surface area contributed by atoms with Crippen LogP contribution in [0.5, 0.6) is 17.2 Å². The highest BCUT2D eigenvalue weighted by Crippen LogP contribution is 2.35. The van der Waals surface area contributed by atoms with Crippen LogP contribution in [0.2, 0.25) is 0 Å². The van der Waals surface area contributed by atoms with Gasteiger partial charge in [-0.25, -0.2) is 0 Å². The van der Waals surface area contributed by atoms with E-state index in [1.165, 1.54) is 0 Å². The van der Waals surface area contributed by atoms with Crippen LogP contribution >= 0.6 is 11.6 Å². The van der Waals surface area contributed by atoms with Gasteiger partial charge >= 0.3 is 0 Å². The molecule has 0 unspecified atom stereocenters. The molecule has 17 heavy (non-hydrogen) atoms. The van der Waals surface area contributed by atoms with Crippen molar-refractivity contribution < 1.29 is 14.2 Å². The van der Waals surface area contributed by atoms with E-state index in [4.69, 9.17) is 25.8 Å². The van der Waals surface area contributed by atoms with Crippen LogP contribution in [0.3, 0.4) is 0 Å². The molecule has 0 spiro atoms. The van der Waals surface area contributed by atoms with Crippen LogP contribution in [-0.2, 0) is 5.88 Å². The molecule has 96 valence electrons. The fourth-order valence-electron chi connectivity index (χ4n) is 1.55. The lowest BCUT2D eigenvalue weighted by Crippen LogP contribution is -2.02. The predicted octanol–water partition coefficient (Wildman–Crippen LogP) is 3.62. The van der Waals surface area contributed by atoms with Gasteiger partial charge in [0.25, 0.3) is 0 Å². The Balaban J connectivity index is 3.14. The lowest BCUT2D eigenvalue weighted by Gasteiger charge is -2.15. The lowest BCUT2D eigenvalue weighted by molar-refractivity contribution is 0.303. The van der Waals surface area contributed by atoms with Crippen LogP contribution < -0.4 is 14.2 Å². The van der Waals surface area contributed by atoms with Crippen molar-refractivity contribution in [1.82, 2.24) is 0 Å². The van der Waals surface area contributed by atoms with Gasteiger partial charge in [0.15, 0.2) is 0 Å². The number of hydrogen-bond acceptors (Lipinski definition) is 3. The van der Waals surface area contributed by atoms with Crippen LogP contribution in [0, 0.1) is 0 Å². The van der Waals surface area contributed by atoms with Crippen molar-refractivity contribution in [3.05, 3.63) is 17.7 Å². The second-order valence-corrected chi connectivity index (χ2v) is 3.60. The van der Waals surface area contributed by atoms with Gasteiger partial charge < -0.3 is 14.2 Å². The predicted molar refractivity (Wildman–Crippen MR) is 69.5 cm³/mol. The van der Waals surface area contributed by atoms with E-state index in [2.05, 4.69) is 0 Å². The molecule has 1 rings (SSSR count). The third kappa shape index (κ3) is 3.70. The zero-order chi connectivity index (χ0) is 12.7. The Morgan fingerprint density at radius 1 is 0.882 bits per heavy atom. The highest BCUT2D eigenvalue weighted by atomic mass is 35.5. The van der Waals surface area contributed by atoms with Gasteiger partial charge in [-0.2, -0.15) is 0 Å². The van der Waals surface area contributed by atoms with Gasteiger partial charge in [0.1, 0.15) is 17.2 Å². The van der Waals surface area contributed by atoms with Gasteiger partial charge in [0, 0.05) is 12.1 Å². The molecule has 0 heterocycles. The zero-order valence-corrected chi connectivity index (χ0v) is 11.3. The first kappa shape index (κ1) is 14.0. The summed E-state index contributed by atoms with van der Waals surface area (Å²) in [5.41, 5.74) is 0.874. The standard InChI is InChI=1S/C13H19ClO3/c1-4-15-10-7-12(16-5-2)11(9-14)13(8-10)17-6-3/h7-8H,4-6,9H2,1-3H3. The highest BCUT2D eigenvalue weighted by molar-refractivity contribution is 6.17. The van der Waals surface area contributed by atoms with Crippen LogP contribution in [0.25, 0.3) is 0 Å². The van der Waals surface area contributed by atoms with Gasteiger partial charge in [-0.15, -0.1) is 11.6 Å². The number of benzene rings is 1. The zero-order valence-electron chi connectivity index (χ0n) is 10.6. The molecule has 0 saturated carbocycles. The first-order chi connectivity index (χ1) is 8.26. The van der Waals surface area contributed by atoms with Crippen LogP contribution in [0.15, 0.2) is 12.1 Å². The third-order valence-corrected chi connectivity index (χ3v) is 2.45. The second-order valence-electron chi connectivity index (χ2n) is 3.33. The van der Waals surface area contributed by atoms with Gasteiger partial charge in [-0.05, 0) is 20.8 Å². The SMILES string of the molecule is CCOc1cc(OCC)c(CCl)c(OCC)c1. The van der Waals surface area contributed by atoms with E-state index < -0.39 is 0 Å². The summed E-state index contributed by atoms with van der Waals surface area (Å²) in [6, 6.07) is 3.71. The summed E-state index contributed by atoms with van der Waals surface area (Å²) in [6.07, 6.45) is 0. The molecular formula is C13H19ClO3. The van der Waals surface area contributed by atoms with Gasteiger partial charge in [0.05, 0.1) is 31.3 Å². The smallest absolute Gasteiger partial charge is 0.131 e. The first-order valence-electron chi connectivity index (χ1n) is 5.88. The van der Waals surface area contributed by atoms with E-state index in [0.717, 1.165) is 22.8 Å². The molecule has 0 N–H and O–H groups in total. The van der Waals surface area contributed by atoms with Gasteiger partial charge in [-0.1, -0.05) is 0 Å². The lowest BCUT2D eigenvalue weighted by atomic mass is 10.2. The number of halogens is 1. The average Bonchev–Trinajstić information content (AvgIpc) is 2.30. The van der Waals surface area contributed by atoms with Crippen molar-refractivity contribution >= 4 is 11.6 Å². The first-order valence-corrected chi connectivity index (χ1v) is 6.41. The molecule has 0 aromatic heterocycles. The Morgan fingerprint density at radius 3 is 1.71 bits per heavy atom. The summed E-state index contributed by atoms with van der Waals surface area (Å²) in [4.78, 5) is 0. The molecule has 1 aromatic rings. The molecule has 0 aliphatic rings. The molecular weight excluding hydrogens is 240 g/mol. The maximum atomic E-state index is 5.94. The maximum absolute atomic E-state index is 5.94. The molecule has 0 radical (unpaired) electrons. The minimum Gasteiger partial charge on any atom is -0.494 e. The minimum atomic E-state index is 0.358. The Labute approximate surface area is 108 Å². The van der Waals surface area contributed by atoms with Crippen molar-refractivity contribution in [2.24, 2.45) is 0 Å². The third-order valence-electron chi connectivity index (χ3n) is 2.19. The molecule has 0 aliphatic carbocycles. The van der Waals surface area contributed by atoms with Crippen LogP contribution in [0.1, 0.15) is 26.3 Å². The Kier molecular flexibility index (Phi) is 5.98. The van der Waals surface area contributed by atoms with E-state index in [1.807, 2.05) is 32.9 Å². The molecule has 3 nitrogen and oxygen atoms in total. The molecule has 0 bridgehead atoms. The van der Waals surface area contributed by atoms with Crippen LogP contribution in [0.4, 0.5) is 0 Å². The molecule has 0 saturated heterocycles. The van der Waals surface area contributed by atoms with E-state index in [-0.39, 0.29) is 0 Å². The molecule has 4 heteroatoms. The fourth-order valence-corrected chi connectivity index (χ4v) is 1.81. The van der Waals surface area contributed by atoms with Gasteiger partial charge in [0.2, 0.25) is 0 Å². The molecule has 0 fully saturated rings. The fraction of sp³-hybridized carbons (Fsp3) is 0.538. The quantitative estimate of drug-likeness (QED) is 0.699. The Bertz CT molecular complexity index is 326. The molecule has 0 amide bonds. The second kappa shape index (κ2) is 7.28. The highest BCUT2D eigenvalue weighted by Gasteiger charge is 2.13. The Hall–Kier alpha value is -1.09. The van der Waals surface area contributed by atoms with Crippen molar-refractivity contribution in [3.8, 4) is 17.2 Å². The van der Waals surface area contributed by atoms with Crippen molar-refractivity contribution in [1.29, 1.82) is 0 Å². The Morgan fingerprint density at radius 2 is 1.35 bits per heavy atom. The summed E-state index contributed by atoms with van der Waals surface area (Å²) < 4.78 is 16.6. The monoisotopic (exact) mass is 258 g/mol. The van der Waals surface area contributed by atoms with Gasteiger partial charge in [-0.3, -0.25) is 0 Å². The number of hydrogen-bond donors (Lipinski definition) is 0. The van der Waals surface area contributed by atoms with E-state index in [9.17, 15) is 0 Å². The molecule has 0 aliphatic heterocycles. The summed E-state index contributed by atoms with van der Waals surface area (Å²) in [7, 11) is 0. The normalized spacial score (nSPS) is 10.1. The van der Waals surface area contributed by atoms with Crippen LogP contribution in [-0.4, -0.2) is 19.8 Å². The summed E-state index contributed by atoms with van der Waals surface area (Å²) in [5.74, 6) is 2.57. The van der Waals surface area contributed by atoms with Crippen molar-refractivity contribution in [2.75, 3.05) is 19.8 Å². The van der Waals surface area contributed by atoms with E-state index >= 15 is 0 Å². The largest absolute Gasteiger partial charge is 0.494 e. The number of rotatable bonds is 7. The molecule has 1 aromatic carbocycles. The topological polar surface area (TPSA) is 27.7 Å². The number of alkyl halides is 1. The summed E-state index contributed by atoms with van der Waals surface area (Å²) in [6.45, 7) is 7.60.